The zero-order valence-corrected chi connectivity index (χ0v) is 15.5. The van der Waals surface area contributed by atoms with E-state index in [1.165, 1.54) is 38.5 Å². The third-order valence-electron chi connectivity index (χ3n) is 4.04. The van der Waals surface area contributed by atoms with Gasteiger partial charge in [0.2, 0.25) is 5.91 Å². The molecule has 1 amide bonds. The minimum absolute atomic E-state index is 0.175. The molecule has 0 spiro atoms. The highest BCUT2D eigenvalue weighted by Crippen LogP contribution is 2.09. The number of carbonyl (C=O) groups excluding carboxylic acids is 1. The second-order valence-corrected chi connectivity index (χ2v) is 6.20. The molecule has 0 atom stereocenters. The van der Waals surface area contributed by atoms with Crippen LogP contribution in [0.15, 0.2) is 24.3 Å². The van der Waals surface area contributed by atoms with Gasteiger partial charge in [-0.3, -0.25) is 9.69 Å². The van der Waals surface area contributed by atoms with Crippen LogP contribution < -0.4 is 0 Å². The van der Waals surface area contributed by atoms with Crippen LogP contribution in [0.1, 0.15) is 84.0 Å². The van der Waals surface area contributed by atoms with Crippen molar-refractivity contribution in [3.63, 3.8) is 0 Å². The fourth-order valence-electron chi connectivity index (χ4n) is 2.45. The van der Waals surface area contributed by atoms with E-state index < -0.39 is 13.5 Å². The summed E-state index contributed by atoms with van der Waals surface area (Å²) >= 11 is 0. The van der Waals surface area contributed by atoms with Crippen molar-refractivity contribution in [1.82, 2.24) is 4.90 Å². The fraction of sp³-hybridized carbons (Fsp3) is 0.750. The number of hydrogen-bond donors (Lipinski definition) is 2. The van der Waals surface area contributed by atoms with Gasteiger partial charge in [0.05, 0.1) is 0 Å². The smallest absolute Gasteiger partial charge is 0.226 e. The maximum Gasteiger partial charge on any atom is 0.226 e. The molecular formula is C20H37NO3. The molecule has 0 aliphatic carbocycles. The standard InChI is InChI=1S/C20H37NO3/c1-2-3-4-5-6-7-8-9-10-11-12-13-14-15-16-17-20(24)21(18-22)19-23/h6-7,9-10,22-23H,2-5,8,11-19H2,1H3/b7-6-,10-9-. The SMILES string of the molecule is CCCCC/C=C\C/C=C\CCCCCCCC(=O)N(CO)CO. The van der Waals surface area contributed by atoms with Crippen LogP contribution >= 0.6 is 0 Å². The molecule has 0 fully saturated rings. The Morgan fingerprint density at radius 1 is 0.792 bits per heavy atom. The number of amides is 1. The summed E-state index contributed by atoms with van der Waals surface area (Å²) in [5, 5.41) is 17.7. The second kappa shape index (κ2) is 18.2. The van der Waals surface area contributed by atoms with Crippen LogP contribution in [0.4, 0.5) is 0 Å². The molecule has 4 nitrogen and oxygen atoms in total. The summed E-state index contributed by atoms with van der Waals surface area (Å²) in [4.78, 5) is 12.6. The molecule has 0 saturated heterocycles. The van der Waals surface area contributed by atoms with Crippen LogP contribution in [0.25, 0.3) is 0 Å². The largest absolute Gasteiger partial charge is 0.376 e. The molecule has 24 heavy (non-hydrogen) atoms. The molecule has 0 radical (unpaired) electrons. The van der Waals surface area contributed by atoms with Crippen molar-refractivity contribution in [3.05, 3.63) is 24.3 Å². The zero-order valence-electron chi connectivity index (χ0n) is 15.5. The Hall–Kier alpha value is -1.13. The molecule has 0 aromatic rings. The van der Waals surface area contributed by atoms with E-state index in [-0.39, 0.29) is 5.91 Å². The second-order valence-electron chi connectivity index (χ2n) is 6.20. The Morgan fingerprint density at radius 2 is 1.33 bits per heavy atom. The highest BCUT2D eigenvalue weighted by molar-refractivity contribution is 5.75. The normalized spacial score (nSPS) is 11.6. The lowest BCUT2D eigenvalue weighted by Gasteiger charge is -2.16. The molecule has 0 aromatic carbocycles. The van der Waals surface area contributed by atoms with E-state index in [9.17, 15) is 4.79 Å². The summed E-state index contributed by atoms with van der Waals surface area (Å²) in [6, 6.07) is 0. The van der Waals surface area contributed by atoms with E-state index in [0.717, 1.165) is 37.0 Å². The van der Waals surface area contributed by atoms with Crippen molar-refractivity contribution in [2.75, 3.05) is 13.5 Å². The molecule has 0 aromatic heterocycles. The molecule has 4 heteroatoms. The van der Waals surface area contributed by atoms with Gasteiger partial charge in [0.1, 0.15) is 13.5 Å². The minimum atomic E-state index is -0.407. The predicted octanol–water partition coefficient (Wildman–Crippen LogP) is 4.53. The van der Waals surface area contributed by atoms with E-state index in [1.54, 1.807) is 0 Å². The summed E-state index contributed by atoms with van der Waals surface area (Å²) < 4.78 is 0. The van der Waals surface area contributed by atoms with Gasteiger partial charge >= 0.3 is 0 Å². The van der Waals surface area contributed by atoms with Crippen molar-refractivity contribution in [1.29, 1.82) is 0 Å². The third kappa shape index (κ3) is 14.5. The first-order valence-electron chi connectivity index (χ1n) is 9.55. The Kier molecular flexibility index (Phi) is 17.4. The Balaban J connectivity index is 3.36. The Morgan fingerprint density at radius 3 is 1.92 bits per heavy atom. The van der Waals surface area contributed by atoms with Gasteiger partial charge in [0.25, 0.3) is 0 Å². The van der Waals surface area contributed by atoms with Gasteiger partial charge < -0.3 is 10.2 Å². The van der Waals surface area contributed by atoms with Gasteiger partial charge in [0.15, 0.2) is 0 Å². The van der Waals surface area contributed by atoms with Crippen LogP contribution in [-0.4, -0.2) is 34.5 Å². The molecule has 0 rings (SSSR count). The lowest BCUT2D eigenvalue weighted by Crippen LogP contribution is -2.32. The van der Waals surface area contributed by atoms with Crippen LogP contribution in [0.3, 0.4) is 0 Å². The van der Waals surface area contributed by atoms with E-state index in [0.29, 0.717) is 6.42 Å². The fourth-order valence-corrected chi connectivity index (χ4v) is 2.45. The molecule has 0 bridgehead atoms. The molecule has 2 N–H and O–H groups in total. The maximum atomic E-state index is 11.5. The topological polar surface area (TPSA) is 60.8 Å². The van der Waals surface area contributed by atoms with E-state index in [2.05, 4.69) is 31.2 Å². The number of nitrogens with zero attached hydrogens (tertiary/aromatic N) is 1. The first kappa shape index (κ1) is 22.9. The average Bonchev–Trinajstić information content (AvgIpc) is 2.59. The third-order valence-corrected chi connectivity index (χ3v) is 4.04. The van der Waals surface area contributed by atoms with Crippen LogP contribution in [-0.2, 0) is 4.79 Å². The summed E-state index contributed by atoms with van der Waals surface area (Å²) in [5.41, 5.74) is 0. The number of hydrogen-bond acceptors (Lipinski definition) is 3. The quantitative estimate of drug-likeness (QED) is 0.247. The van der Waals surface area contributed by atoms with Gasteiger partial charge in [-0.25, -0.2) is 0 Å². The number of rotatable bonds is 16. The molecular weight excluding hydrogens is 302 g/mol. The Labute approximate surface area is 148 Å². The van der Waals surface area contributed by atoms with Gasteiger partial charge in [-0.2, -0.15) is 0 Å². The monoisotopic (exact) mass is 339 g/mol. The summed E-state index contributed by atoms with van der Waals surface area (Å²) in [6.07, 6.45) is 22.1. The van der Waals surface area contributed by atoms with Crippen molar-refractivity contribution in [2.45, 2.75) is 84.0 Å². The summed E-state index contributed by atoms with van der Waals surface area (Å²) in [5.74, 6) is -0.175. The first-order valence-corrected chi connectivity index (χ1v) is 9.55. The maximum absolute atomic E-state index is 11.5. The van der Waals surface area contributed by atoms with E-state index in [4.69, 9.17) is 10.2 Å². The summed E-state index contributed by atoms with van der Waals surface area (Å²) in [6.45, 7) is 1.42. The highest BCUT2D eigenvalue weighted by Gasteiger charge is 2.09. The number of aliphatic hydroxyl groups is 2. The average molecular weight is 340 g/mol. The summed E-state index contributed by atoms with van der Waals surface area (Å²) in [7, 11) is 0. The van der Waals surface area contributed by atoms with Crippen molar-refractivity contribution in [2.24, 2.45) is 0 Å². The number of unbranched alkanes of at least 4 members (excludes halogenated alkanes) is 8. The van der Waals surface area contributed by atoms with Gasteiger partial charge in [-0.05, 0) is 38.5 Å². The zero-order chi connectivity index (χ0) is 17.9. The molecule has 140 valence electrons. The van der Waals surface area contributed by atoms with E-state index in [1.807, 2.05) is 0 Å². The van der Waals surface area contributed by atoms with Gasteiger partial charge in [0, 0.05) is 6.42 Å². The van der Waals surface area contributed by atoms with Crippen molar-refractivity contribution >= 4 is 5.91 Å². The Bertz CT molecular complexity index is 336. The lowest BCUT2D eigenvalue weighted by molar-refractivity contribution is -0.139. The van der Waals surface area contributed by atoms with Crippen LogP contribution in [0.2, 0.25) is 0 Å². The van der Waals surface area contributed by atoms with Gasteiger partial charge in [-0.1, -0.05) is 63.3 Å². The first-order chi connectivity index (χ1) is 11.8. The molecule has 0 aliphatic heterocycles. The van der Waals surface area contributed by atoms with Crippen molar-refractivity contribution < 1.29 is 15.0 Å². The molecule has 0 aliphatic rings. The number of aliphatic hydroxyl groups excluding tert-OH is 2. The van der Waals surface area contributed by atoms with Crippen LogP contribution in [0.5, 0.6) is 0 Å². The van der Waals surface area contributed by atoms with Gasteiger partial charge in [-0.15, -0.1) is 0 Å². The number of carbonyl (C=O) groups is 1. The van der Waals surface area contributed by atoms with Crippen LogP contribution in [0, 0.1) is 0 Å². The predicted molar refractivity (Wildman–Crippen MR) is 100 cm³/mol. The lowest BCUT2D eigenvalue weighted by atomic mass is 10.1. The molecule has 0 unspecified atom stereocenters. The highest BCUT2D eigenvalue weighted by atomic mass is 16.3. The van der Waals surface area contributed by atoms with Crippen molar-refractivity contribution in [3.8, 4) is 0 Å². The molecule has 0 saturated carbocycles. The minimum Gasteiger partial charge on any atom is -0.376 e. The number of allylic oxidation sites excluding steroid dienone is 4. The molecule has 0 heterocycles. The van der Waals surface area contributed by atoms with E-state index >= 15 is 0 Å².